The maximum absolute atomic E-state index is 11.7. The fraction of sp³-hybridized carbons (Fsp3) is 0.833. The van der Waals surface area contributed by atoms with E-state index in [0.29, 0.717) is 26.1 Å². The Morgan fingerprint density at radius 2 is 2.06 bits per heavy atom. The van der Waals surface area contributed by atoms with Crippen LogP contribution in [-0.2, 0) is 9.59 Å². The van der Waals surface area contributed by atoms with Crippen molar-refractivity contribution in [1.29, 1.82) is 0 Å². The standard InChI is InChI=1S/C12H22N2O3/c1-3-10(4-2)13-11(15)8-14-6-5-9(7-14)12(16)17/h9-10H,3-8H2,1-2H3,(H,13,15)(H,16,17). The Bertz CT molecular complexity index is 277. The van der Waals surface area contributed by atoms with Crippen LogP contribution in [-0.4, -0.2) is 47.6 Å². The molecule has 98 valence electrons. The van der Waals surface area contributed by atoms with Crippen LogP contribution in [0.15, 0.2) is 0 Å². The van der Waals surface area contributed by atoms with Crippen molar-refractivity contribution in [2.75, 3.05) is 19.6 Å². The predicted octanol–water partition coefficient (Wildman–Crippen LogP) is 0.698. The minimum atomic E-state index is -0.757. The number of carboxylic acids is 1. The van der Waals surface area contributed by atoms with E-state index in [1.807, 2.05) is 18.7 Å². The maximum atomic E-state index is 11.7. The van der Waals surface area contributed by atoms with Crippen LogP contribution in [0.1, 0.15) is 33.1 Å². The van der Waals surface area contributed by atoms with Crippen molar-refractivity contribution in [2.45, 2.75) is 39.2 Å². The number of nitrogens with zero attached hydrogens (tertiary/aromatic N) is 1. The zero-order valence-electron chi connectivity index (χ0n) is 10.6. The quantitative estimate of drug-likeness (QED) is 0.719. The average molecular weight is 242 g/mol. The Labute approximate surface area is 102 Å². The molecule has 1 heterocycles. The van der Waals surface area contributed by atoms with Crippen molar-refractivity contribution in [3.05, 3.63) is 0 Å². The molecule has 0 saturated carbocycles. The van der Waals surface area contributed by atoms with Gasteiger partial charge in [0.1, 0.15) is 0 Å². The van der Waals surface area contributed by atoms with Gasteiger partial charge >= 0.3 is 5.97 Å². The molecule has 17 heavy (non-hydrogen) atoms. The van der Waals surface area contributed by atoms with E-state index in [1.165, 1.54) is 0 Å². The van der Waals surface area contributed by atoms with E-state index in [2.05, 4.69) is 5.32 Å². The Hall–Kier alpha value is -1.10. The second-order valence-corrected chi connectivity index (χ2v) is 4.64. The van der Waals surface area contributed by atoms with E-state index < -0.39 is 5.97 Å². The van der Waals surface area contributed by atoms with Crippen LogP contribution < -0.4 is 5.32 Å². The van der Waals surface area contributed by atoms with Gasteiger partial charge in [-0.2, -0.15) is 0 Å². The lowest BCUT2D eigenvalue weighted by molar-refractivity contribution is -0.141. The minimum Gasteiger partial charge on any atom is -0.481 e. The summed E-state index contributed by atoms with van der Waals surface area (Å²) in [6.07, 6.45) is 2.51. The molecule has 0 spiro atoms. The van der Waals surface area contributed by atoms with Crippen molar-refractivity contribution >= 4 is 11.9 Å². The first-order valence-corrected chi connectivity index (χ1v) is 6.31. The number of hydrogen-bond acceptors (Lipinski definition) is 3. The van der Waals surface area contributed by atoms with E-state index in [-0.39, 0.29) is 17.9 Å². The molecular weight excluding hydrogens is 220 g/mol. The zero-order chi connectivity index (χ0) is 12.8. The third kappa shape index (κ3) is 4.34. The van der Waals surface area contributed by atoms with Gasteiger partial charge in [0.05, 0.1) is 12.5 Å². The summed E-state index contributed by atoms with van der Waals surface area (Å²) in [4.78, 5) is 24.4. The van der Waals surface area contributed by atoms with Gasteiger partial charge in [-0.3, -0.25) is 14.5 Å². The van der Waals surface area contributed by atoms with E-state index >= 15 is 0 Å². The molecule has 5 nitrogen and oxygen atoms in total. The topological polar surface area (TPSA) is 69.6 Å². The third-order valence-electron chi connectivity index (χ3n) is 3.34. The maximum Gasteiger partial charge on any atom is 0.307 e. The zero-order valence-corrected chi connectivity index (χ0v) is 10.6. The van der Waals surface area contributed by atoms with E-state index in [0.717, 1.165) is 12.8 Å². The Morgan fingerprint density at radius 3 is 2.53 bits per heavy atom. The van der Waals surface area contributed by atoms with Gasteiger partial charge in [0.15, 0.2) is 0 Å². The number of carbonyl (C=O) groups is 2. The summed E-state index contributed by atoms with van der Waals surface area (Å²) in [5.74, 6) is -1.06. The summed E-state index contributed by atoms with van der Waals surface area (Å²) >= 11 is 0. The summed E-state index contributed by atoms with van der Waals surface area (Å²) < 4.78 is 0. The number of nitrogens with one attached hydrogen (secondary N) is 1. The highest BCUT2D eigenvalue weighted by Gasteiger charge is 2.28. The van der Waals surface area contributed by atoms with Gasteiger partial charge in [-0.05, 0) is 25.8 Å². The number of rotatable bonds is 6. The number of carbonyl (C=O) groups excluding carboxylic acids is 1. The number of amides is 1. The van der Waals surface area contributed by atoms with Crippen LogP contribution in [0, 0.1) is 5.92 Å². The fourth-order valence-corrected chi connectivity index (χ4v) is 2.15. The number of carboxylic acid groups (broad SMARTS) is 1. The van der Waals surface area contributed by atoms with Crippen LogP contribution in [0.2, 0.25) is 0 Å². The van der Waals surface area contributed by atoms with Crippen LogP contribution in [0.5, 0.6) is 0 Å². The van der Waals surface area contributed by atoms with E-state index in [4.69, 9.17) is 5.11 Å². The normalized spacial score (nSPS) is 20.8. The molecule has 1 amide bonds. The van der Waals surface area contributed by atoms with Gasteiger partial charge < -0.3 is 10.4 Å². The number of aliphatic carboxylic acids is 1. The molecule has 1 unspecified atom stereocenters. The Kier molecular flexibility index (Phi) is 5.41. The second-order valence-electron chi connectivity index (χ2n) is 4.64. The number of hydrogen-bond donors (Lipinski definition) is 2. The van der Waals surface area contributed by atoms with Gasteiger partial charge in [0.25, 0.3) is 0 Å². The molecule has 2 N–H and O–H groups in total. The molecular formula is C12H22N2O3. The van der Waals surface area contributed by atoms with Crippen LogP contribution >= 0.6 is 0 Å². The van der Waals surface area contributed by atoms with Gasteiger partial charge in [-0.15, -0.1) is 0 Å². The first-order valence-electron chi connectivity index (χ1n) is 6.31. The molecule has 1 rings (SSSR count). The predicted molar refractivity (Wildman–Crippen MR) is 64.7 cm³/mol. The Morgan fingerprint density at radius 1 is 1.41 bits per heavy atom. The monoisotopic (exact) mass is 242 g/mol. The summed E-state index contributed by atoms with van der Waals surface area (Å²) in [5.41, 5.74) is 0. The summed E-state index contributed by atoms with van der Waals surface area (Å²) in [6.45, 7) is 5.61. The summed E-state index contributed by atoms with van der Waals surface area (Å²) in [5, 5.41) is 11.8. The Balaban J connectivity index is 2.30. The van der Waals surface area contributed by atoms with Crippen LogP contribution in [0.3, 0.4) is 0 Å². The molecule has 0 bridgehead atoms. The summed E-state index contributed by atoms with van der Waals surface area (Å²) in [7, 11) is 0. The molecule has 0 radical (unpaired) electrons. The highest BCUT2D eigenvalue weighted by molar-refractivity contribution is 5.78. The van der Waals surface area contributed by atoms with Crippen molar-refractivity contribution in [1.82, 2.24) is 10.2 Å². The van der Waals surface area contributed by atoms with E-state index in [9.17, 15) is 9.59 Å². The number of likely N-dealkylation sites (tertiary alicyclic amines) is 1. The minimum absolute atomic E-state index is 0.00439. The van der Waals surface area contributed by atoms with Gasteiger partial charge in [0, 0.05) is 12.6 Å². The lowest BCUT2D eigenvalue weighted by Gasteiger charge is -2.18. The molecule has 1 aliphatic rings. The van der Waals surface area contributed by atoms with E-state index in [1.54, 1.807) is 0 Å². The lowest BCUT2D eigenvalue weighted by atomic mass is 10.1. The molecule has 1 saturated heterocycles. The molecule has 1 aliphatic heterocycles. The van der Waals surface area contributed by atoms with Crippen molar-refractivity contribution in [3.8, 4) is 0 Å². The third-order valence-corrected chi connectivity index (χ3v) is 3.34. The highest BCUT2D eigenvalue weighted by Crippen LogP contribution is 2.15. The molecule has 1 fully saturated rings. The van der Waals surface area contributed by atoms with Crippen molar-refractivity contribution < 1.29 is 14.7 Å². The first-order chi connectivity index (χ1) is 8.06. The second kappa shape index (κ2) is 6.59. The first kappa shape index (κ1) is 14.0. The van der Waals surface area contributed by atoms with Gasteiger partial charge in [-0.25, -0.2) is 0 Å². The van der Waals surface area contributed by atoms with Crippen molar-refractivity contribution in [3.63, 3.8) is 0 Å². The molecule has 0 aromatic heterocycles. The molecule has 0 aliphatic carbocycles. The molecule has 0 aromatic carbocycles. The van der Waals surface area contributed by atoms with Gasteiger partial charge in [-0.1, -0.05) is 13.8 Å². The smallest absolute Gasteiger partial charge is 0.307 e. The average Bonchev–Trinajstić information content (AvgIpc) is 2.74. The SMILES string of the molecule is CCC(CC)NC(=O)CN1CCC(C(=O)O)C1. The lowest BCUT2D eigenvalue weighted by Crippen LogP contribution is -2.41. The van der Waals surface area contributed by atoms with Crippen LogP contribution in [0.4, 0.5) is 0 Å². The molecule has 5 heteroatoms. The highest BCUT2D eigenvalue weighted by atomic mass is 16.4. The molecule has 0 aromatic rings. The fourth-order valence-electron chi connectivity index (χ4n) is 2.15. The van der Waals surface area contributed by atoms with Crippen LogP contribution in [0.25, 0.3) is 0 Å². The molecule has 1 atom stereocenters. The largest absolute Gasteiger partial charge is 0.481 e. The van der Waals surface area contributed by atoms with Gasteiger partial charge in [0.2, 0.25) is 5.91 Å². The summed E-state index contributed by atoms with van der Waals surface area (Å²) in [6, 6.07) is 0.236. The van der Waals surface area contributed by atoms with Crippen molar-refractivity contribution in [2.24, 2.45) is 5.92 Å².